The number of nitrogens with two attached hydrogens (primary N) is 1. The summed E-state index contributed by atoms with van der Waals surface area (Å²) in [5.41, 5.74) is 3.96. The highest BCUT2D eigenvalue weighted by atomic mass is 32.2. The molecule has 0 aliphatic carbocycles. The van der Waals surface area contributed by atoms with Crippen molar-refractivity contribution >= 4 is 17.7 Å². The van der Waals surface area contributed by atoms with E-state index >= 15 is 0 Å². The summed E-state index contributed by atoms with van der Waals surface area (Å²) in [6.07, 6.45) is 0. The number of benzene rings is 1. The first-order chi connectivity index (χ1) is 9.21. The average molecular weight is 281 g/mol. The Kier molecular flexibility index (Phi) is 7.55. The van der Waals surface area contributed by atoms with E-state index in [-0.39, 0.29) is 5.91 Å². The normalized spacial score (nSPS) is 10.7. The van der Waals surface area contributed by atoms with Gasteiger partial charge in [-0.3, -0.25) is 10.2 Å². The van der Waals surface area contributed by atoms with E-state index in [1.165, 1.54) is 5.56 Å². The van der Waals surface area contributed by atoms with Crippen molar-refractivity contribution in [3.8, 4) is 0 Å². The Morgan fingerprint density at radius 3 is 2.42 bits per heavy atom. The first kappa shape index (κ1) is 16.0. The number of amides is 1. The van der Waals surface area contributed by atoms with Gasteiger partial charge < -0.3 is 4.90 Å². The predicted octanol–water partition coefficient (Wildman–Crippen LogP) is 1.87. The number of hydrogen-bond acceptors (Lipinski definition) is 4. The van der Waals surface area contributed by atoms with Crippen molar-refractivity contribution in [1.29, 1.82) is 0 Å². The van der Waals surface area contributed by atoms with Gasteiger partial charge in [-0.15, -0.1) is 0 Å². The monoisotopic (exact) mass is 281 g/mol. The van der Waals surface area contributed by atoms with Gasteiger partial charge in [0.25, 0.3) is 5.91 Å². The maximum Gasteiger partial charge on any atom is 0.265 e. The lowest BCUT2D eigenvalue weighted by molar-refractivity contribution is 0.0953. The number of carbonyl (C=O) groups excluding carboxylic acids is 1. The van der Waals surface area contributed by atoms with Crippen LogP contribution < -0.4 is 11.3 Å². The van der Waals surface area contributed by atoms with Crippen molar-refractivity contribution in [1.82, 2.24) is 10.3 Å². The Morgan fingerprint density at radius 2 is 1.89 bits per heavy atom. The van der Waals surface area contributed by atoms with Crippen LogP contribution in [0.15, 0.2) is 24.3 Å². The van der Waals surface area contributed by atoms with E-state index < -0.39 is 0 Å². The molecule has 0 aromatic heterocycles. The van der Waals surface area contributed by atoms with E-state index in [1.54, 1.807) is 0 Å². The molecule has 3 N–H and O–H groups in total. The number of hydrazine groups is 1. The molecule has 5 heteroatoms. The molecule has 0 saturated heterocycles. The van der Waals surface area contributed by atoms with Crippen LogP contribution in [0.25, 0.3) is 0 Å². The number of rotatable bonds is 8. The lowest BCUT2D eigenvalue weighted by atomic mass is 10.1. The molecule has 4 nitrogen and oxygen atoms in total. The van der Waals surface area contributed by atoms with E-state index in [0.29, 0.717) is 5.56 Å². The predicted molar refractivity (Wildman–Crippen MR) is 82.0 cm³/mol. The fourth-order valence-electron chi connectivity index (χ4n) is 1.76. The second-order valence-corrected chi connectivity index (χ2v) is 5.36. The molecule has 19 heavy (non-hydrogen) atoms. The third kappa shape index (κ3) is 5.63. The lowest BCUT2D eigenvalue weighted by Crippen LogP contribution is -2.29. The molecule has 106 valence electrons. The van der Waals surface area contributed by atoms with E-state index in [0.717, 1.165) is 31.1 Å². The summed E-state index contributed by atoms with van der Waals surface area (Å²) in [7, 11) is 0. The van der Waals surface area contributed by atoms with E-state index in [1.807, 2.05) is 36.0 Å². The minimum atomic E-state index is -0.249. The van der Waals surface area contributed by atoms with Crippen LogP contribution in [0.5, 0.6) is 0 Å². The van der Waals surface area contributed by atoms with Crippen molar-refractivity contribution in [2.45, 2.75) is 19.6 Å². The van der Waals surface area contributed by atoms with Gasteiger partial charge in [0.1, 0.15) is 0 Å². The van der Waals surface area contributed by atoms with Gasteiger partial charge >= 0.3 is 0 Å². The van der Waals surface area contributed by atoms with Crippen molar-refractivity contribution in [3.63, 3.8) is 0 Å². The molecule has 0 heterocycles. The molecule has 1 aromatic carbocycles. The van der Waals surface area contributed by atoms with Crippen LogP contribution >= 0.6 is 11.8 Å². The third-order valence-corrected chi connectivity index (χ3v) is 4.07. The Balaban J connectivity index is 2.32. The molecular weight excluding hydrogens is 258 g/mol. The zero-order chi connectivity index (χ0) is 14.1. The average Bonchev–Trinajstić information content (AvgIpc) is 2.47. The van der Waals surface area contributed by atoms with Crippen LogP contribution in [0.1, 0.15) is 29.8 Å². The van der Waals surface area contributed by atoms with Gasteiger partial charge in [-0.05, 0) is 30.8 Å². The van der Waals surface area contributed by atoms with Crippen LogP contribution in [0.2, 0.25) is 0 Å². The molecule has 1 rings (SSSR count). The fraction of sp³-hybridized carbons (Fsp3) is 0.500. The second-order valence-electron chi connectivity index (χ2n) is 4.25. The van der Waals surface area contributed by atoms with Crippen molar-refractivity contribution in [2.24, 2.45) is 5.84 Å². The highest BCUT2D eigenvalue weighted by molar-refractivity contribution is 7.98. The van der Waals surface area contributed by atoms with Gasteiger partial charge in [0.2, 0.25) is 0 Å². The van der Waals surface area contributed by atoms with Crippen molar-refractivity contribution in [3.05, 3.63) is 35.4 Å². The number of thioether (sulfide) groups is 1. The van der Waals surface area contributed by atoms with Gasteiger partial charge in [-0.2, -0.15) is 11.8 Å². The van der Waals surface area contributed by atoms with E-state index in [2.05, 4.69) is 24.2 Å². The first-order valence-corrected chi connectivity index (χ1v) is 7.76. The zero-order valence-electron chi connectivity index (χ0n) is 11.7. The van der Waals surface area contributed by atoms with Gasteiger partial charge in [0, 0.05) is 23.6 Å². The van der Waals surface area contributed by atoms with E-state index in [4.69, 9.17) is 5.84 Å². The number of nitrogens with one attached hydrogen (secondary N) is 1. The summed E-state index contributed by atoms with van der Waals surface area (Å²) < 4.78 is 0. The highest BCUT2D eigenvalue weighted by Gasteiger charge is 2.03. The summed E-state index contributed by atoms with van der Waals surface area (Å²) in [6, 6.07) is 7.58. The molecule has 0 saturated carbocycles. The minimum Gasteiger partial charge on any atom is -0.303 e. The Hall–Kier alpha value is -1.04. The second kappa shape index (κ2) is 8.96. The van der Waals surface area contributed by atoms with Crippen molar-refractivity contribution in [2.75, 3.05) is 25.4 Å². The topological polar surface area (TPSA) is 58.4 Å². The number of nitrogen functional groups attached to an aromatic ring is 1. The van der Waals surface area contributed by atoms with Gasteiger partial charge in [0.05, 0.1) is 0 Å². The third-order valence-electron chi connectivity index (χ3n) is 3.06. The lowest BCUT2D eigenvalue weighted by Gasteiger charge is -2.17. The first-order valence-electron chi connectivity index (χ1n) is 6.61. The molecule has 0 unspecified atom stereocenters. The molecule has 0 radical (unpaired) electrons. The number of carbonyl (C=O) groups is 1. The van der Waals surface area contributed by atoms with Gasteiger partial charge in [-0.25, -0.2) is 5.84 Å². The summed E-state index contributed by atoms with van der Waals surface area (Å²) in [4.78, 5) is 13.7. The smallest absolute Gasteiger partial charge is 0.265 e. The number of nitrogens with zero attached hydrogens (tertiary/aromatic N) is 1. The Labute approximate surface area is 119 Å². The maximum atomic E-state index is 11.3. The molecule has 0 atom stereocenters. The van der Waals surface area contributed by atoms with Crippen LogP contribution in [-0.4, -0.2) is 36.2 Å². The molecule has 1 aromatic rings. The Morgan fingerprint density at radius 1 is 1.26 bits per heavy atom. The SMILES string of the molecule is CCN(CC)CCSCc1ccc(C(=O)NN)cc1. The maximum absolute atomic E-state index is 11.3. The van der Waals surface area contributed by atoms with E-state index in [9.17, 15) is 4.79 Å². The Bertz CT molecular complexity index is 377. The molecule has 0 aliphatic rings. The van der Waals surface area contributed by atoms with Crippen LogP contribution in [0, 0.1) is 0 Å². The van der Waals surface area contributed by atoms with Crippen LogP contribution in [0.3, 0.4) is 0 Å². The minimum absolute atomic E-state index is 0.249. The summed E-state index contributed by atoms with van der Waals surface area (Å²) >= 11 is 1.92. The fourth-order valence-corrected chi connectivity index (χ4v) is 2.72. The van der Waals surface area contributed by atoms with Gasteiger partial charge in [0.15, 0.2) is 0 Å². The molecule has 0 spiro atoms. The van der Waals surface area contributed by atoms with Crippen molar-refractivity contribution < 1.29 is 4.79 Å². The number of hydrogen-bond donors (Lipinski definition) is 2. The van der Waals surface area contributed by atoms with Crippen LogP contribution in [0.4, 0.5) is 0 Å². The highest BCUT2D eigenvalue weighted by Crippen LogP contribution is 2.13. The van der Waals surface area contributed by atoms with Crippen LogP contribution in [-0.2, 0) is 5.75 Å². The molecule has 0 aliphatic heterocycles. The largest absolute Gasteiger partial charge is 0.303 e. The summed E-state index contributed by atoms with van der Waals surface area (Å²) in [5.74, 6) is 6.95. The standard InChI is InChI=1S/C14H23N3OS/c1-3-17(4-2)9-10-19-11-12-5-7-13(8-6-12)14(18)16-15/h5-8H,3-4,9-11,15H2,1-2H3,(H,16,18). The summed E-state index contributed by atoms with van der Waals surface area (Å²) in [5, 5.41) is 0. The molecular formula is C14H23N3OS. The zero-order valence-corrected chi connectivity index (χ0v) is 12.5. The summed E-state index contributed by atoms with van der Waals surface area (Å²) in [6.45, 7) is 7.73. The van der Waals surface area contributed by atoms with Gasteiger partial charge in [-0.1, -0.05) is 26.0 Å². The quantitative estimate of drug-likeness (QED) is 0.330. The molecule has 0 bridgehead atoms. The molecule has 1 amide bonds. The molecule has 0 fully saturated rings.